The summed E-state index contributed by atoms with van der Waals surface area (Å²) in [6, 6.07) is 15.1. The van der Waals surface area contributed by atoms with Gasteiger partial charge < -0.3 is 25.4 Å². The second-order valence-electron chi connectivity index (χ2n) is 9.31. The maximum atomic E-state index is 10.3. The number of allylic oxidation sites excluding steroid dienone is 1. The predicted octanol–water partition coefficient (Wildman–Crippen LogP) is 3.34. The van der Waals surface area contributed by atoms with Gasteiger partial charge in [-0.15, -0.1) is 0 Å². The molecule has 1 aliphatic rings. The maximum Gasteiger partial charge on any atom is 0.336 e. The van der Waals surface area contributed by atoms with Crippen molar-refractivity contribution in [3.8, 4) is 0 Å². The first-order valence-electron chi connectivity index (χ1n) is 11.7. The zero-order chi connectivity index (χ0) is 27.2. The van der Waals surface area contributed by atoms with E-state index in [1.807, 2.05) is 12.3 Å². The van der Waals surface area contributed by atoms with Crippen LogP contribution in [-0.4, -0.2) is 72.9 Å². The van der Waals surface area contributed by atoms with Crippen molar-refractivity contribution >= 4 is 34.5 Å². The zero-order valence-electron chi connectivity index (χ0n) is 20.7. The van der Waals surface area contributed by atoms with E-state index in [4.69, 9.17) is 20.4 Å². The number of hydrogen-bond donors (Lipinski definition) is 5. The molecule has 0 aliphatic heterocycles. The lowest BCUT2D eigenvalue weighted by Gasteiger charge is -2.43. The average molecular weight is 510 g/mol. The Balaban J connectivity index is 0.000000251. The van der Waals surface area contributed by atoms with Crippen molar-refractivity contribution in [2.45, 2.75) is 43.2 Å². The van der Waals surface area contributed by atoms with E-state index in [1.54, 1.807) is 0 Å². The van der Waals surface area contributed by atoms with Gasteiger partial charge in [0.2, 0.25) is 0 Å². The van der Waals surface area contributed by atoms with Gasteiger partial charge in [0.15, 0.2) is 5.60 Å². The zero-order valence-corrected chi connectivity index (χ0v) is 20.7. The first kappa shape index (κ1) is 27.6. The van der Waals surface area contributed by atoms with Crippen molar-refractivity contribution < 1.29 is 34.8 Å². The van der Waals surface area contributed by atoms with Crippen LogP contribution in [0.5, 0.6) is 0 Å². The van der Waals surface area contributed by atoms with Crippen LogP contribution in [0, 0.1) is 0 Å². The van der Waals surface area contributed by atoms with Crippen molar-refractivity contribution in [2.24, 2.45) is 0 Å². The molecule has 1 atom stereocenters. The first-order valence-corrected chi connectivity index (χ1v) is 11.7. The Morgan fingerprint density at radius 2 is 1.68 bits per heavy atom. The highest BCUT2D eigenvalue weighted by atomic mass is 16.4. The summed E-state index contributed by atoms with van der Waals surface area (Å²) in [5, 5.41) is 35.0. The van der Waals surface area contributed by atoms with Crippen molar-refractivity contribution in [1.82, 2.24) is 14.9 Å². The minimum Gasteiger partial charge on any atom is -0.481 e. The Hall–Kier alpha value is -4.02. The van der Waals surface area contributed by atoms with Gasteiger partial charge in [-0.1, -0.05) is 36.4 Å². The molecule has 0 amide bonds. The molecule has 5 N–H and O–H groups in total. The summed E-state index contributed by atoms with van der Waals surface area (Å²) in [7, 11) is 4.39. The number of carbonyl (C=O) groups is 3. The van der Waals surface area contributed by atoms with Crippen LogP contribution in [0.3, 0.4) is 0 Å². The third-order valence-corrected chi connectivity index (χ3v) is 6.74. The minimum atomic E-state index is -2.74. The van der Waals surface area contributed by atoms with Gasteiger partial charge in [-0.3, -0.25) is 14.5 Å². The molecule has 2 heterocycles. The van der Waals surface area contributed by atoms with Crippen LogP contribution in [-0.2, 0) is 19.9 Å². The fourth-order valence-corrected chi connectivity index (χ4v) is 4.69. The van der Waals surface area contributed by atoms with Crippen molar-refractivity contribution in [3.05, 3.63) is 72.1 Å². The standard InChI is InChI=1S/C21H23N3.C6H8O7/c1-24(2)21(17-7-4-3-5-8-17)12-10-16(11-13-21)19-15-23-20-18(19)9-6-14-22-20;7-3(8)1-6(13,5(11)12)2-4(9)10/h3-10,14-15H,11-13H2,1-2H3,(H,22,23);13H,1-2H2,(H,7,8)(H,9,10)(H,11,12). The van der Waals surface area contributed by atoms with Gasteiger partial charge >= 0.3 is 17.9 Å². The number of pyridine rings is 1. The minimum absolute atomic E-state index is 0.0924. The molecule has 0 bridgehead atoms. The van der Waals surface area contributed by atoms with Crippen LogP contribution in [0.2, 0.25) is 0 Å². The number of H-pyrrole nitrogens is 1. The number of carboxylic acids is 3. The molecule has 10 heteroatoms. The summed E-state index contributed by atoms with van der Waals surface area (Å²) in [5.74, 6) is -5.02. The second kappa shape index (κ2) is 11.4. The summed E-state index contributed by atoms with van der Waals surface area (Å²) < 4.78 is 0. The quantitative estimate of drug-likeness (QED) is 0.306. The van der Waals surface area contributed by atoms with E-state index in [0.717, 1.165) is 24.9 Å². The normalized spacial score (nSPS) is 17.6. The number of nitrogens with zero attached hydrogens (tertiary/aromatic N) is 2. The largest absolute Gasteiger partial charge is 0.481 e. The van der Waals surface area contributed by atoms with Crippen LogP contribution < -0.4 is 0 Å². The number of rotatable bonds is 8. The van der Waals surface area contributed by atoms with E-state index >= 15 is 0 Å². The van der Waals surface area contributed by atoms with Crippen molar-refractivity contribution in [1.29, 1.82) is 0 Å². The number of aliphatic carboxylic acids is 3. The summed E-state index contributed by atoms with van der Waals surface area (Å²) in [6.45, 7) is 0. The van der Waals surface area contributed by atoms with E-state index in [9.17, 15) is 14.4 Å². The lowest BCUT2D eigenvalue weighted by molar-refractivity contribution is -0.170. The van der Waals surface area contributed by atoms with Crippen molar-refractivity contribution in [2.75, 3.05) is 14.1 Å². The molecular formula is C27H31N3O7. The Morgan fingerprint density at radius 3 is 2.19 bits per heavy atom. The van der Waals surface area contributed by atoms with Crippen LogP contribution in [0.15, 0.2) is 60.9 Å². The summed E-state index contributed by atoms with van der Waals surface area (Å²) in [5.41, 5.74) is 2.47. The van der Waals surface area contributed by atoms with Crippen molar-refractivity contribution in [3.63, 3.8) is 0 Å². The summed E-state index contributed by atoms with van der Waals surface area (Å²) in [4.78, 5) is 40.6. The molecule has 3 aromatic rings. The number of aromatic nitrogens is 2. The molecule has 2 aromatic heterocycles. The molecule has 0 fully saturated rings. The Bertz CT molecular complexity index is 1280. The number of benzene rings is 1. The molecule has 37 heavy (non-hydrogen) atoms. The number of aliphatic hydroxyl groups is 1. The smallest absolute Gasteiger partial charge is 0.336 e. The highest BCUT2D eigenvalue weighted by Gasteiger charge is 2.41. The topological polar surface area (TPSA) is 164 Å². The fraction of sp³-hybridized carbons (Fsp3) is 0.333. The van der Waals surface area contributed by atoms with E-state index < -0.39 is 36.4 Å². The fourth-order valence-electron chi connectivity index (χ4n) is 4.69. The predicted molar refractivity (Wildman–Crippen MR) is 137 cm³/mol. The summed E-state index contributed by atoms with van der Waals surface area (Å²) in [6.07, 6.45) is 7.32. The molecule has 4 rings (SSSR count). The molecule has 0 radical (unpaired) electrons. The molecule has 10 nitrogen and oxygen atoms in total. The number of aromatic amines is 1. The number of nitrogens with one attached hydrogen (secondary N) is 1. The van der Waals surface area contributed by atoms with E-state index in [1.165, 1.54) is 22.1 Å². The Morgan fingerprint density at radius 1 is 1.03 bits per heavy atom. The van der Waals surface area contributed by atoms with Gasteiger partial charge in [-0.2, -0.15) is 0 Å². The number of carboxylic acid groups (broad SMARTS) is 3. The number of fused-ring (bicyclic) bond motifs is 1. The lowest BCUT2D eigenvalue weighted by atomic mass is 9.75. The van der Waals surface area contributed by atoms with Gasteiger partial charge in [0.1, 0.15) is 5.65 Å². The van der Waals surface area contributed by atoms with E-state index in [2.05, 4.69) is 77.6 Å². The van der Waals surface area contributed by atoms with Gasteiger partial charge in [-0.25, -0.2) is 9.78 Å². The molecule has 196 valence electrons. The number of hydrogen-bond acceptors (Lipinski definition) is 6. The Kier molecular flexibility index (Phi) is 8.46. The summed E-state index contributed by atoms with van der Waals surface area (Å²) >= 11 is 0. The van der Waals surface area contributed by atoms with Crippen LogP contribution in [0.1, 0.15) is 43.2 Å². The first-order chi connectivity index (χ1) is 17.5. The highest BCUT2D eigenvalue weighted by molar-refractivity contribution is 5.91. The molecule has 0 saturated heterocycles. The van der Waals surface area contributed by atoms with Crippen LogP contribution in [0.25, 0.3) is 16.6 Å². The SMILES string of the molecule is CN(C)C1(c2ccccc2)CC=C(c2c[nH]c3ncccc23)CC1.O=C(O)CC(O)(CC(=O)O)C(=O)O. The van der Waals surface area contributed by atoms with Gasteiger partial charge in [0, 0.05) is 28.9 Å². The van der Waals surface area contributed by atoms with E-state index in [0.29, 0.717) is 0 Å². The highest BCUT2D eigenvalue weighted by Crippen LogP contribution is 2.43. The maximum absolute atomic E-state index is 10.3. The lowest BCUT2D eigenvalue weighted by Crippen LogP contribution is -2.42. The average Bonchev–Trinajstić information content (AvgIpc) is 3.28. The third-order valence-electron chi connectivity index (χ3n) is 6.74. The molecule has 1 aliphatic carbocycles. The molecule has 0 spiro atoms. The van der Waals surface area contributed by atoms with Gasteiger partial charge in [0.25, 0.3) is 0 Å². The molecular weight excluding hydrogens is 478 g/mol. The Labute approximate surface area is 213 Å². The molecule has 1 unspecified atom stereocenters. The van der Waals surface area contributed by atoms with Gasteiger partial charge in [0.05, 0.1) is 12.8 Å². The molecule has 0 saturated carbocycles. The van der Waals surface area contributed by atoms with Crippen LogP contribution in [0.4, 0.5) is 0 Å². The monoisotopic (exact) mass is 509 g/mol. The van der Waals surface area contributed by atoms with Gasteiger partial charge in [-0.05, 0) is 56.6 Å². The molecule has 1 aromatic carbocycles. The van der Waals surface area contributed by atoms with Crippen LogP contribution >= 0.6 is 0 Å². The third kappa shape index (κ3) is 6.22. The second-order valence-corrected chi connectivity index (χ2v) is 9.31. The van der Waals surface area contributed by atoms with E-state index in [-0.39, 0.29) is 5.54 Å².